The molecule has 84 valence electrons. The first-order valence-corrected chi connectivity index (χ1v) is 4.75. The van der Waals surface area contributed by atoms with Crippen LogP contribution >= 0.6 is 0 Å². The minimum atomic E-state index is -1.73. The molecule has 5 heteroatoms. The average molecular weight is 208 g/mol. The van der Waals surface area contributed by atoms with Gasteiger partial charge in [0.05, 0.1) is 12.7 Å². The Morgan fingerprint density at radius 1 is 1.29 bits per heavy atom. The summed E-state index contributed by atoms with van der Waals surface area (Å²) in [6.45, 7) is 3.11. The maximum Gasteiger partial charge on any atom is 0.157 e. The van der Waals surface area contributed by atoms with Crippen LogP contribution in [-0.2, 0) is 4.74 Å². The van der Waals surface area contributed by atoms with Crippen LogP contribution in [0.1, 0.15) is 13.8 Å². The first kappa shape index (κ1) is 11.8. The Hall–Kier alpha value is -0.230. The molecule has 0 aromatic carbocycles. The van der Waals surface area contributed by atoms with E-state index in [1.807, 2.05) is 0 Å². The van der Waals surface area contributed by atoms with Crippen LogP contribution < -0.4 is 0 Å². The van der Waals surface area contributed by atoms with Gasteiger partial charge in [-0.1, -0.05) is 13.8 Å². The highest BCUT2D eigenvalue weighted by Crippen LogP contribution is 2.27. The van der Waals surface area contributed by atoms with Gasteiger partial charge in [0.1, 0.15) is 18.3 Å². The zero-order valence-electron chi connectivity index (χ0n) is 8.30. The molecule has 0 amide bonds. The van der Waals surface area contributed by atoms with Crippen molar-refractivity contribution in [1.82, 2.24) is 0 Å². The van der Waals surface area contributed by atoms with E-state index in [4.69, 9.17) is 9.84 Å². The Bertz CT molecular complexity index is 186. The summed E-state index contributed by atoms with van der Waals surface area (Å²) < 4.78 is 18.4. The number of hydrogen-bond acceptors (Lipinski definition) is 4. The van der Waals surface area contributed by atoms with Crippen molar-refractivity contribution in [3.63, 3.8) is 0 Å². The number of rotatable bonds is 2. The Morgan fingerprint density at radius 2 is 1.86 bits per heavy atom. The first-order chi connectivity index (χ1) is 6.49. The Kier molecular flexibility index (Phi) is 3.83. The van der Waals surface area contributed by atoms with Gasteiger partial charge in [0, 0.05) is 0 Å². The lowest BCUT2D eigenvalue weighted by Gasteiger charge is -2.40. The number of halogens is 1. The molecule has 0 aliphatic carbocycles. The summed E-state index contributed by atoms with van der Waals surface area (Å²) in [4.78, 5) is 0. The van der Waals surface area contributed by atoms with Gasteiger partial charge >= 0.3 is 0 Å². The highest BCUT2D eigenvalue weighted by molar-refractivity contribution is 4.93. The molecule has 0 saturated carbocycles. The number of ether oxygens (including phenoxy) is 1. The SMILES string of the molecule is CC(C)[C@@H]1O[C@H](CO)[C@H](F)[C@H](O)[C@H]1O. The van der Waals surface area contributed by atoms with Crippen LogP contribution in [0.5, 0.6) is 0 Å². The summed E-state index contributed by atoms with van der Waals surface area (Å²) in [5, 5.41) is 27.7. The van der Waals surface area contributed by atoms with Crippen molar-refractivity contribution in [2.45, 2.75) is 44.4 Å². The average Bonchev–Trinajstić information content (AvgIpc) is 2.14. The molecule has 1 aliphatic heterocycles. The summed E-state index contributed by atoms with van der Waals surface area (Å²) in [5.41, 5.74) is 0. The minimum Gasteiger partial charge on any atom is -0.394 e. The molecule has 1 aliphatic rings. The van der Waals surface area contributed by atoms with Gasteiger partial charge in [0.2, 0.25) is 0 Å². The van der Waals surface area contributed by atoms with E-state index in [0.717, 1.165) is 0 Å². The molecular formula is C9H17FO4. The van der Waals surface area contributed by atoms with Crippen LogP contribution in [0, 0.1) is 5.92 Å². The molecule has 0 aromatic heterocycles. The highest BCUT2D eigenvalue weighted by atomic mass is 19.1. The van der Waals surface area contributed by atoms with Gasteiger partial charge in [-0.05, 0) is 5.92 Å². The van der Waals surface area contributed by atoms with Crippen molar-refractivity contribution >= 4 is 0 Å². The van der Waals surface area contributed by atoms with Crippen molar-refractivity contribution in [2.75, 3.05) is 6.61 Å². The summed E-state index contributed by atoms with van der Waals surface area (Å²) in [6.07, 6.45) is -6.11. The monoisotopic (exact) mass is 208 g/mol. The van der Waals surface area contributed by atoms with Crippen LogP contribution in [0.2, 0.25) is 0 Å². The fraction of sp³-hybridized carbons (Fsp3) is 1.00. The van der Waals surface area contributed by atoms with Crippen LogP contribution in [0.3, 0.4) is 0 Å². The summed E-state index contributed by atoms with van der Waals surface area (Å²) in [7, 11) is 0. The molecular weight excluding hydrogens is 191 g/mol. The van der Waals surface area contributed by atoms with Crippen LogP contribution in [0.25, 0.3) is 0 Å². The fourth-order valence-corrected chi connectivity index (χ4v) is 1.66. The second kappa shape index (κ2) is 4.53. The Balaban J connectivity index is 2.73. The van der Waals surface area contributed by atoms with Gasteiger partial charge in [0.15, 0.2) is 6.17 Å². The maximum atomic E-state index is 13.2. The molecule has 4 nitrogen and oxygen atoms in total. The quantitative estimate of drug-likeness (QED) is 0.570. The van der Waals surface area contributed by atoms with Gasteiger partial charge in [-0.15, -0.1) is 0 Å². The number of aliphatic hydroxyl groups is 3. The summed E-state index contributed by atoms with van der Waals surface area (Å²) in [6, 6.07) is 0. The van der Waals surface area contributed by atoms with E-state index in [1.54, 1.807) is 13.8 Å². The number of alkyl halides is 1. The molecule has 5 atom stereocenters. The molecule has 1 heterocycles. The summed E-state index contributed by atoms with van der Waals surface area (Å²) in [5.74, 6) is -0.0406. The van der Waals surface area contributed by atoms with Crippen molar-refractivity contribution in [3.8, 4) is 0 Å². The molecule has 0 bridgehead atoms. The van der Waals surface area contributed by atoms with Crippen molar-refractivity contribution in [3.05, 3.63) is 0 Å². The number of aliphatic hydroxyl groups excluding tert-OH is 3. The van der Waals surface area contributed by atoms with E-state index in [-0.39, 0.29) is 5.92 Å². The van der Waals surface area contributed by atoms with Gasteiger partial charge in [0.25, 0.3) is 0 Å². The zero-order chi connectivity index (χ0) is 10.9. The molecule has 0 spiro atoms. The second-order valence-corrected chi connectivity index (χ2v) is 3.99. The smallest absolute Gasteiger partial charge is 0.157 e. The lowest BCUT2D eigenvalue weighted by atomic mass is 9.90. The van der Waals surface area contributed by atoms with E-state index in [0.29, 0.717) is 0 Å². The van der Waals surface area contributed by atoms with Gasteiger partial charge in [-0.25, -0.2) is 4.39 Å². The van der Waals surface area contributed by atoms with Crippen LogP contribution in [0.4, 0.5) is 4.39 Å². The highest BCUT2D eigenvalue weighted by Gasteiger charge is 2.45. The van der Waals surface area contributed by atoms with E-state index >= 15 is 0 Å². The van der Waals surface area contributed by atoms with E-state index < -0.39 is 37.2 Å². The lowest BCUT2D eigenvalue weighted by molar-refractivity contribution is -0.221. The molecule has 1 fully saturated rings. The normalized spacial score (nSPS) is 44.4. The van der Waals surface area contributed by atoms with Crippen molar-refractivity contribution in [2.24, 2.45) is 5.92 Å². The topological polar surface area (TPSA) is 69.9 Å². The predicted molar refractivity (Wildman–Crippen MR) is 47.5 cm³/mol. The van der Waals surface area contributed by atoms with E-state index in [2.05, 4.69) is 0 Å². The minimum absolute atomic E-state index is 0.0406. The third-order valence-corrected chi connectivity index (χ3v) is 2.54. The van der Waals surface area contributed by atoms with Gasteiger partial charge in [-0.2, -0.15) is 0 Å². The summed E-state index contributed by atoms with van der Waals surface area (Å²) >= 11 is 0. The van der Waals surface area contributed by atoms with Crippen molar-refractivity contribution < 1.29 is 24.4 Å². The van der Waals surface area contributed by atoms with Gasteiger partial charge < -0.3 is 20.1 Å². The van der Waals surface area contributed by atoms with Crippen molar-refractivity contribution in [1.29, 1.82) is 0 Å². The molecule has 0 radical (unpaired) electrons. The zero-order valence-corrected chi connectivity index (χ0v) is 8.30. The van der Waals surface area contributed by atoms with Crippen LogP contribution in [0.15, 0.2) is 0 Å². The van der Waals surface area contributed by atoms with E-state index in [9.17, 15) is 14.6 Å². The third kappa shape index (κ3) is 2.06. The molecule has 0 aromatic rings. The maximum absolute atomic E-state index is 13.2. The van der Waals surface area contributed by atoms with E-state index in [1.165, 1.54) is 0 Å². The molecule has 1 rings (SSSR count). The second-order valence-electron chi connectivity index (χ2n) is 3.99. The largest absolute Gasteiger partial charge is 0.394 e. The third-order valence-electron chi connectivity index (χ3n) is 2.54. The van der Waals surface area contributed by atoms with Crippen LogP contribution in [-0.4, -0.2) is 52.5 Å². The Morgan fingerprint density at radius 3 is 2.29 bits per heavy atom. The fourth-order valence-electron chi connectivity index (χ4n) is 1.66. The first-order valence-electron chi connectivity index (χ1n) is 4.75. The predicted octanol–water partition coefficient (Wildman–Crippen LogP) is -0.538. The lowest BCUT2D eigenvalue weighted by Crippen LogP contribution is -2.58. The van der Waals surface area contributed by atoms with Gasteiger partial charge in [-0.3, -0.25) is 0 Å². The Labute approximate surface area is 82.3 Å². The molecule has 3 N–H and O–H groups in total. The molecule has 0 unspecified atom stereocenters. The standard InChI is InChI=1S/C9H17FO4/c1-4(2)9-8(13)7(12)6(10)5(3-11)14-9/h4-9,11-13H,3H2,1-2H3/t5-,6+,7+,8-,9+/m1/s1. The molecule has 1 saturated heterocycles. The molecule has 14 heavy (non-hydrogen) atoms. The number of hydrogen-bond donors (Lipinski definition) is 3.